The van der Waals surface area contributed by atoms with E-state index in [4.69, 9.17) is 9.47 Å². The number of halogens is 1. The van der Waals surface area contributed by atoms with Gasteiger partial charge in [-0.1, -0.05) is 29.0 Å². The summed E-state index contributed by atoms with van der Waals surface area (Å²) in [6.45, 7) is 7.08. The fourth-order valence-electron chi connectivity index (χ4n) is 4.26. The number of aryl methyl sites for hydroxylation is 3. The Kier molecular flexibility index (Phi) is 7.61. The Balaban J connectivity index is 2.01. The van der Waals surface area contributed by atoms with Crippen LogP contribution in [0.1, 0.15) is 50.6 Å². The zero-order valence-electron chi connectivity index (χ0n) is 21.3. The number of carbonyl (C=O) groups is 3. The SMILES string of the molecule is CCOC(=O)c1sc(N2C(=O)C(=O)C(=C(O)c3cc(C)ccc3C)C2c2cc(Br)c(O)c(OC)c2)nc1C. The van der Waals surface area contributed by atoms with Gasteiger partial charge < -0.3 is 19.7 Å². The normalized spacial score (nSPS) is 16.7. The van der Waals surface area contributed by atoms with Gasteiger partial charge in [0.2, 0.25) is 0 Å². The van der Waals surface area contributed by atoms with E-state index in [1.165, 1.54) is 19.2 Å². The fourth-order valence-corrected chi connectivity index (χ4v) is 5.71. The highest BCUT2D eigenvalue weighted by Crippen LogP contribution is 2.47. The van der Waals surface area contributed by atoms with Gasteiger partial charge >= 0.3 is 11.9 Å². The number of ether oxygens (including phenoxy) is 2. The van der Waals surface area contributed by atoms with Crippen molar-refractivity contribution in [3.63, 3.8) is 0 Å². The van der Waals surface area contributed by atoms with Gasteiger partial charge in [-0.05, 0) is 73.0 Å². The lowest BCUT2D eigenvalue weighted by atomic mass is 9.93. The van der Waals surface area contributed by atoms with Crippen LogP contribution in [-0.2, 0) is 14.3 Å². The van der Waals surface area contributed by atoms with Crippen LogP contribution >= 0.6 is 27.3 Å². The molecule has 2 N–H and O–H groups in total. The summed E-state index contributed by atoms with van der Waals surface area (Å²) in [5, 5.41) is 21.9. The largest absolute Gasteiger partial charge is 0.507 e. The molecule has 1 amide bonds. The van der Waals surface area contributed by atoms with E-state index in [2.05, 4.69) is 20.9 Å². The molecule has 1 fully saturated rings. The standard InChI is InChI=1S/C27H25BrN2O7S/c1-6-37-26(35)24-14(4)29-27(38-24)30-20(15-10-17(28)22(32)18(11-15)36-5)19(23(33)25(30)34)21(31)16-9-12(2)7-8-13(16)3/h7-11,20,31-32H,6H2,1-5H3. The first-order chi connectivity index (χ1) is 18.0. The summed E-state index contributed by atoms with van der Waals surface area (Å²) in [7, 11) is 1.37. The van der Waals surface area contributed by atoms with E-state index in [0.29, 0.717) is 22.4 Å². The van der Waals surface area contributed by atoms with Crippen molar-refractivity contribution in [2.75, 3.05) is 18.6 Å². The van der Waals surface area contributed by atoms with E-state index in [1.807, 2.05) is 19.1 Å². The van der Waals surface area contributed by atoms with Gasteiger partial charge in [0.1, 0.15) is 10.6 Å². The third kappa shape index (κ3) is 4.67. The number of aromatic hydroxyl groups is 1. The van der Waals surface area contributed by atoms with Crippen molar-refractivity contribution in [2.45, 2.75) is 33.7 Å². The molecule has 198 valence electrons. The fraction of sp³-hybridized carbons (Fsp3) is 0.259. The monoisotopic (exact) mass is 600 g/mol. The first kappa shape index (κ1) is 27.3. The molecular weight excluding hydrogens is 576 g/mol. The molecule has 38 heavy (non-hydrogen) atoms. The van der Waals surface area contributed by atoms with Gasteiger partial charge in [0.05, 0.1) is 35.5 Å². The van der Waals surface area contributed by atoms with Gasteiger partial charge in [0.15, 0.2) is 16.6 Å². The number of rotatable bonds is 6. The molecule has 0 spiro atoms. The number of Topliss-reactive ketones (excluding diaryl/α,β-unsaturated/α-hetero) is 1. The lowest BCUT2D eigenvalue weighted by Gasteiger charge is -2.24. The number of benzene rings is 2. The van der Waals surface area contributed by atoms with Crippen LogP contribution in [0.3, 0.4) is 0 Å². The summed E-state index contributed by atoms with van der Waals surface area (Å²) in [4.78, 5) is 45.2. The van der Waals surface area contributed by atoms with Crippen molar-refractivity contribution in [1.82, 2.24) is 4.98 Å². The van der Waals surface area contributed by atoms with Gasteiger partial charge in [-0.25, -0.2) is 9.78 Å². The highest BCUT2D eigenvalue weighted by molar-refractivity contribution is 9.10. The molecular formula is C27H25BrN2O7S. The molecule has 1 aromatic heterocycles. The number of esters is 1. The Hall–Kier alpha value is -3.70. The highest BCUT2D eigenvalue weighted by Gasteiger charge is 2.49. The number of phenolic OH excluding ortho intramolecular Hbond substituents is 1. The van der Waals surface area contributed by atoms with E-state index in [9.17, 15) is 24.6 Å². The molecule has 1 aliphatic rings. The molecule has 2 aromatic carbocycles. The van der Waals surface area contributed by atoms with Gasteiger partial charge in [0.25, 0.3) is 5.78 Å². The van der Waals surface area contributed by atoms with Crippen molar-refractivity contribution >= 4 is 55.8 Å². The number of phenols is 1. The van der Waals surface area contributed by atoms with E-state index < -0.39 is 23.7 Å². The number of aliphatic hydroxyl groups excluding tert-OH is 1. The number of aromatic nitrogens is 1. The maximum atomic E-state index is 13.5. The molecule has 1 atom stereocenters. The predicted molar refractivity (Wildman–Crippen MR) is 146 cm³/mol. The average Bonchev–Trinajstić information content (AvgIpc) is 3.38. The molecule has 11 heteroatoms. The molecule has 1 unspecified atom stereocenters. The highest BCUT2D eigenvalue weighted by atomic mass is 79.9. The number of amides is 1. The number of carbonyl (C=O) groups excluding carboxylic acids is 3. The lowest BCUT2D eigenvalue weighted by Crippen LogP contribution is -2.29. The number of hydrogen-bond donors (Lipinski definition) is 2. The number of hydrogen-bond acceptors (Lipinski definition) is 9. The molecule has 9 nitrogen and oxygen atoms in total. The lowest BCUT2D eigenvalue weighted by molar-refractivity contribution is -0.132. The van der Waals surface area contributed by atoms with Gasteiger partial charge in [-0.15, -0.1) is 0 Å². The molecule has 4 rings (SSSR count). The van der Waals surface area contributed by atoms with Crippen LogP contribution in [0.15, 0.2) is 40.4 Å². The summed E-state index contributed by atoms with van der Waals surface area (Å²) in [6, 6.07) is 7.29. The van der Waals surface area contributed by atoms with E-state index >= 15 is 0 Å². The maximum Gasteiger partial charge on any atom is 0.350 e. The minimum absolute atomic E-state index is 0.0841. The second-order valence-corrected chi connectivity index (χ2v) is 10.5. The molecule has 0 radical (unpaired) electrons. The second kappa shape index (κ2) is 10.6. The van der Waals surface area contributed by atoms with E-state index in [1.54, 1.807) is 26.8 Å². The van der Waals surface area contributed by atoms with Crippen molar-refractivity contribution in [3.05, 3.63) is 73.2 Å². The number of anilines is 1. The van der Waals surface area contributed by atoms with Crippen molar-refractivity contribution < 1.29 is 34.1 Å². The topological polar surface area (TPSA) is 126 Å². The molecule has 0 bridgehead atoms. The first-order valence-electron chi connectivity index (χ1n) is 11.6. The maximum absolute atomic E-state index is 13.5. The van der Waals surface area contributed by atoms with Crippen molar-refractivity contribution in [3.8, 4) is 11.5 Å². The Morgan fingerprint density at radius 2 is 1.89 bits per heavy atom. The van der Waals surface area contributed by atoms with Gasteiger partial charge in [0, 0.05) is 5.56 Å². The van der Waals surface area contributed by atoms with Crippen LogP contribution in [0.5, 0.6) is 11.5 Å². The molecule has 1 saturated heterocycles. The smallest absolute Gasteiger partial charge is 0.350 e. The number of thiazole rings is 1. The van der Waals surface area contributed by atoms with Crippen LogP contribution < -0.4 is 9.64 Å². The molecule has 1 aliphatic heterocycles. The quantitative estimate of drug-likeness (QED) is 0.168. The number of aliphatic hydroxyl groups is 1. The Morgan fingerprint density at radius 3 is 2.55 bits per heavy atom. The van der Waals surface area contributed by atoms with E-state index in [-0.39, 0.29) is 43.9 Å². The van der Waals surface area contributed by atoms with Gasteiger partial charge in [-0.3, -0.25) is 14.5 Å². The van der Waals surface area contributed by atoms with Crippen LogP contribution in [0.4, 0.5) is 5.13 Å². The third-order valence-electron chi connectivity index (χ3n) is 6.13. The summed E-state index contributed by atoms with van der Waals surface area (Å²) < 4.78 is 10.7. The summed E-state index contributed by atoms with van der Waals surface area (Å²) in [5.74, 6) is -2.85. The van der Waals surface area contributed by atoms with Gasteiger partial charge in [-0.2, -0.15) is 0 Å². The van der Waals surface area contributed by atoms with Crippen LogP contribution in [0, 0.1) is 20.8 Å². The third-order valence-corrected chi connectivity index (χ3v) is 7.87. The van der Waals surface area contributed by atoms with Crippen LogP contribution in [0.2, 0.25) is 0 Å². The minimum atomic E-state index is -1.14. The molecule has 2 heterocycles. The van der Waals surface area contributed by atoms with Crippen LogP contribution in [0.25, 0.3) is 5.76 Å². The zero-order valence-corrected chi connectivity index (χ0v) is 23.7. The minimum Gasteiger partial charge on any atom is -0.507 e. The van der Waals surface area contributed by atoms with E-state index in [0.717, 1.165) is 21.8 Å². The molecule has 0 saturated carbocycles. The number of methoxy groups -OCH3 is 1. The van der Waals surface area contributed by atoms with Crippen LogP contribution in [-0.4, -0.2) is 46.6 Å². The summed E-state index contributed by atoms with van der Waals surface area (Å²) in [6.07, 6.45) is 0. The average molecular weight is 601 g/mol. The summed E-state index contributed by atoms with van der Waals surface area (Å²) in [5.41, 5.74) is 2.50. The molecule has 3 aromatic rings. The number of nitrogens with zero attached hydrogens (tertiary/aromatic N) is 2. The summed E-state index contributed by atoms with van der Waals surface area (Å²) >= 11 is 4.21. The number of ketones is 1. The Bertz CT molecular complexity index is 1510. The Morgan fingerprint density at radius 1 is 1.18 bits per heavy atom. The van der Waals surface area contributed by atoms with Crippen molar-refractivity contribution in [1.29, 1.82) is 0 Å². The second-order valence-electron chi connectivity index (χ2n) is 8.67. The zero-order chi connectivity index (χ0) is 27.9. The predicted octanol–water partition coefficient (Wildman–Crippen LogP) is 5.35. The molecule has 0 aliphatic carbocycles. The first-order valence-corrected chi connectivity index (χ1v) is 13.2. The van der Waals surface area contributed by atoms with Crippen molar-refractivity contribution in [2.24, 2.45) is 0 Å². The Labute approximate surface area is 231 Å².